The predicted octanol–water partition coefficient (Wildman–Crippen LogP) is 2.64. The highest BCUT2D eigenvalue weighted by molar-refractivity contribution is 9.10. The maximum atomic E-state index is 11.5. The Hall–Kier alpha value is -1.82. The van der Waals surface area contributed by atoms with Crippen LogP contribution in [0.3, 0.4) is 0 Å². The van der Waals surface area contributed by atoms with Crippen LogP contribution in [0.4, 0.5) is 4.79 Å². The smallest absolute Gasteiger partial charge is 0.407 e. The van der Waals surface area contributed by atoms with Crippen LogP contribution in [0.15, 0.2) is 41.3 Å². The maximum Gasteiger partial charge on any atom is 0.407 e. The zero-order valence-corrected chi connectivity index (χ0v) is 11.8. The highest BCUT2D eigenvalue weighted by Crippen LogP contribution is 2.10. The van der Waals surface area contributed by atoms with Crippen molar-refractivity contribution in [2.24, 2.45) is 0 Å². The van der Waals surface area contributed by atoms with E-state index in [2.05, 4.69) is 31.2 Å². The summed E-state index contributed by atoms with van der Waals surface area (Å²) in [5.41, 5.74) is 1.91. The van der Waals surface area contributed by atoms with Gasteiger partial charge in [-0.05, 0) is 21.5 Å². The topological polar surface area (TPSA) is 67.0 Å². The number of imidazole rings is 1. The molecule has 0 spiro atoms. The molecular weight excluding hydrogens is 310 g/mol. The summed E-state index contributed by atoms with van der Waals surface area (Å²) in [5.74, 6) is 0. The lowest BCUT2D eigenvalue weighted by Crippen LogP contribution is -2.26. The van der Waals surface area contributed by atoms with Crippen LogP contribution in [0.5, 0.6) is 0 Å². The molecule has 0 radical (unpaired) electrons. The van der Waals surface area contributed by atoms with Crippen molar-refractivity contribution >= 4 is 22.0 Å². The lowest BCUT2D eigenvalue weighted by atomic mass is 10.2. The van der Waals surface area contributed by atoms with E-state index in [1.807, 2.05) is 30.3 Å². The summed E-state index contributed by atoms with van der Waals surface area (Å²) in [7, 11) is 0. The number of halogens is 1. The molecule has 0 fully saturated rings. The van der Waals surface area contributed by atoms with E-state index < -0.39 is 6.09 Å². The molecule has 0 atom stereocenters. The predicted molar refractivity (Wildman–Crippen MR) is 74.6 cm³/mol. The summed E-state index contributed by atoms with van der Waals surface area (Å²) in [4.78, 5) is 18.5. The number of aromatic nitrogens is 2. The standard InChI is InChI=1S/C13H14BrN3O2/c14-12-11(16-9-17-12)6-7-15-13(18)19-8-10-4-2-1-3-5-10/h1-5,9H,6-8H2,(H,15,18)(H,16,17). The van der Waals surface area contributed by atoms with E-state index in [1.165, 1.54) is 0 Å². The van der Waals surface area contributed by atoms with Crippen molar-refractivity contribution in [2.45, 2.75) is 13.0 Å². The molecule has 0 saturated carbocycles. The van der Waals surface area contributed by atoms with Crippen LogP contribution in [0.2, 0.25) is 0 Å². The second-order valence-electron chi connectivity index (χ2n) is 3.91. The van der Waals surface area contributed by atoms with Crippen molar-refractivity contribution < 1.29 is 9.53 Å². The van der Waals surface area contributed by atoms with E-state index in [0.29, 0.717) is 13.0 Å². The van der Waals surface area contributed by atoms with Gasteiger partial charge in [-0.2, -0.15) is 0 Å². The minimum atomic E-state index is -0.417. The Morgan fingerprint density at radius 2 is 2.16 bits per heavy atom. The molecular formula is C13H14BrN3O2. The second kappa shape index (κ2) is 6.94. The number of H-pyrrole nitrogens is 1. The van der Waals surface area contributed by atoms with Gasteiger partial charge < -0.3 is 15.0 Å². The van der Waals surface area contributed by atoms with Crippen molar-refractivity contribution in [3.8, 4) is 0 Å². The van der Waals surface area contributed by atoms with Gasteiger partial charge in [-0.15, -0.1) is 0 Å². The molecule has 0 aliphatic heterocycles. The summed E-state index contributed by atoms with van der Waals surface area (Å²) in [6, 6.07) is 9.56. The van der Waals surface area contributed by atoms with Gasteiger partial charge in [-0.3, -0.25) is 0 Å². The van der Waals surface area contributed by atoms with Crippen LogP contribution in [-0.4, -0.2) is 22.6 Å². The van der Waals surface area contributed by atoms with Gasteiger partial charge in [0, 0.05) is 13.0 Å². The Kier molecular flexibility index (Phi) is 4.97. The van der Waals surface area contributed by atoms with Crippen LogP contribution in [-0.2, 0) is 17.8 Å². The van der Waals surface area contributed by atoms with E-state index in [0.717, 1.165) is 15.9 Å². The van der Waals surface area contributed by atoms with E-state index in [1.54, 1.807) is 6.33 Å². The second-order valence-corrected chi connectivity index (χ2v) is 4.66. The number of amides is 1. The number of hydrogen-bond donors (Lipinski definition) is 2. The molecule has 1 aromatic heterocycles. The van der Waals surface area contributed by atoms with Gasteiger partial charge in [-0.25, -0.2) is 9.78 Å². The van der Waals surface area contributed by atoms with Crippen molar-refractivity contribution in [1.82, 2.24) is 15.3 Å². The van der Waals surface area contributed by atoms with E-state index >= 15 is 0 Å². The minimum absolute atomic E-state index is 0.278. The summed E-state index contributed by atoms with van der Waals surface area (Å²) >= 11 is 3.31. The third kappa shape index (κ3) is 4.40. The fourth-order valence-corrected chi connectivity index (χ4v) is 1.96. The number of rotatable bonds is 5. The minimum Gasteiger partial charge on any atom is -0.445 e. The highest BCUT2D eigenvalue weighted by atomic mass is 79.9. The van der Waals surface area contributed by atoms with Gasteiger partial charge in [0.2, 0.25) is 0 Å². The molecule has 100 valence electrons. The molecule has 2 N–H and O–H groups in total. The van der Waals surface area contributed by atoms with Crippen LogP contribution in [0, 0.1) is 0 Å². The van der Waals surface area contributed by atoms with E-state index in [4.69, 9.17) is 4.74 Å². The van der Waals surface area contributed by atoms with Gasteiger partial charge in [0.05, 0.1) is 12.0 Å². The summed E-state index contributed by atoms with van der Waals surface area (Å²) in [6.45, 7) is 0.773. The zero-order chi connectivity index (χ0) is 13.5. The van der Waals surface area contributed by atoms with Crippen LogP contribution >= 0.6 is 15.9 Å². The fraction of sp³-hybridized carbons (Fsp3) is 0.231. The van der Waals surface area contributed by atoms with Gasteiger partial charge in [-0.1, -0.05) is 30.3 Å². The normalized spacial score (nSPS) is 10.2. The van der Waals surface area contributed by atoms with Crippen LogP contribution in [0.25, 0.3) is 0 Å². The molecule has 0 bridgehead atoms. The SMILES string of the molecule is O=C(NCCc1[nH]cnc1Br)OCc1ccccc1. The molecule has 1 amide bonds. The summed E-state index contributed by atoms with van der Waals surface area (Å²) in [5, 5.41) is 2.69. The average Bonchev–Trinajstić information content (AvgIpc) is 2.83. The molecule has 1 heterocycles. The number of carbonyl (C=O) groups is 1. The highest BCUT2D eigenvalue weighted by Gasteiger charge is 2.05. The summed E-state index contributed by atoms with van der Waals surface area (Å²) in [6.07, 6.45) is 1.85. The lowest BCUT2D eigenvalue weighted by Gasteiger charge is -2.06. The molecule has 0 aliphatic rings. The zero-order valence-electron chi connectivity index (χ0n) is 10.2. The first-order valence-corrected chi connectivity index (χ1v) is 6.67. The van der Waals surface area contributed by atoms with Gasteiger partial charge in [0.15, 0.2) is 0 Å². The molecule has 0 aliphatic carbocycles. The number of ether oxygens (including phenoxy) is 1. The first-order valence-electron chi connectivity index (χ1n) is 5.88. The summed E-state index contributed by atoms with van der Waals surface area (Å²) < 4.78 is 5.86. The molecule has 0 saturated heterocycles. The average molecular weight is 324 g/mol. The number of alkyl carbamates (subject to hydrolysis) is 1. The van der Waals surface area contributed by atoms with Crippen molar-refractivity contribution in [2.75, 3.05) is 6.54 Å². The van der Waals surface area contributed by atoms with E-state index in [-0.39, 0.29) is 6.61 Å². The molecule has 5 nitrogen and oxygen atoms in total. The van der Waals surface area contributed by atoms with Gasteiger partial charge >= 0.3 is 6.09 Å². The molecule has 0 unspecified atom stereocenters. The fourth-order valence-electron chi connectivity index (χ4n) is 1.54. The van der Waals surface area contributed by atoms with Crippen molar-refractivity contribution in [3.63, 3.8) is 0 Å². The molecule has 2 rings (SSSR count). The first kappa shape index (κ1) is 13.6. The monoisotopic (exact) mass is 323 g/mol. The number of carbonyl (C=O) groups excluding carboxylic acids is 1. The molecule has 2 aromatic rings. The third-order valence-corrected chi connectivity index (χ3v) is 3.21. The number of nitrogens with one attached hydrogen (secondary N) is 2. The van der Waals surface area contributed by atoms with Gasteiger partial charge in [0.25, 0.3) is 0 Å². The van der Waals surface area contributed by atoms with Crippen molar-refractivity contribution in [1.29, 1.82) is 0 Å². The quantitative estimate of drug-likeness (QED) is 0.888. The maximum absolute atomic E-state index is 11.5. The number of hydrogen-bond acceptors (Lipinski definition) is 3. The molecule has 1 aromatic carbocycles. The largest absolute Gasteiger partial charge is 0.445 e. The molecule has 19 heavy (non-hydrogen) atoms. The Morgan fingerprint density at radius 1 is 1.37 bits per heavy atom. The van der Waals surface area contributed by atoms with Crippen LogP contribution < -0.4 is 5.32 Å². The Balaban J connectivity index is 1.66. The first-order chi connectivity index (χ1) is 9.25. The third-order valence-electron chi connectivity index (χ3n) is 2.52. The number of aromatic amines is 1. The lowest BCUT2D eigenvalue weighted by molar-refractivity contribution is 0.140. The number of benzene rings is 1. The van der Waals surface area contributed by atoms with E-state index in [9.17, 15) is 4.79 Å². The molecule has 6 heteroatoms. The van der Waals surface area contributed by atoms with Crippen LogP contribution in [0.1, 0.15) is 11.3 Å². The number of nitrogens with zero attached hydrogens (tertiary/aromatic N) is 1. The van der Waals surface area contributed by atoms with Crippen molar-refractivity contribution in [3.05, 3.63) is 52.5 Å². The Bertz CT molecular complexity index is 528. The van der Waals surface area contributed by atoms with Gasteiger partial charge in [0.1, 0.15) is 11.2 Å². The Labute approximate surface area is 119 Å². The Morgan fingerprint density at radius 3 is 2.84 bits per heavy atom.